The van der Waals surface area contributed by atoms with Gasteiger partial charge in [0, 0.05) is 0 Å². The Morgan fingerprint density at radius 1 is 1.90 bits per heavy atom. The first-order chi connectivity index (χ1) is 4.75. The molecule has 0 saturated heterocycles. The number of aromatic nitrogens is 1. The summed E-state index contributed by atoms with van der Waals surface area (Å²) in [7, 11) is 1.33. The molecule has 0 aliphatic heterocycles. The van der Waals surface area contributed by atoms with Crippen LogP contribution in [0.3, 0.4) is 0 Å². The maximum Gasteiger partial charge on any atom is 0.358 e. The van der Waals surface area contributed by atoms with Crippen LogP contribution in [0.4, 0.5) is 0 Å². The molecule has 1 rings (SSSR count). The minimum absolute atomic E-state index is 0.340. The predicted octanol–water partition coefficient (Wildman–Crippen LogP) is 1.69. The number of carbonyl (C=O) groups is 1. The van der Waals surface area contributed by atoms with Gasteiger partial charge in [0.05, 0.1) is 12.6 Å². The van der Waals surface area contributed by atoms with Gasteiger partial charge in [0.1, 0.15) is 3.79 Å². The standard InChI is InChI=1S/C5H4BrNO2S/c1-9-5(8)3-4(6)10-2-7-3/h2H,1H3. The van der Waals surface area contributed by atoms with E-state index in [1.165, 1.54) is 18.4 Å². The Morgan fingerprint density at radius 3 is 3.00 bits per heavy atom. The first-order valence-corrected chi connectivity index (χ1v) is 4.10. The van der Waals surface area contributed by atoms with E-state index in [-0.39, 0.29) is 0 Å². The van der Waals surface area contributed by atoms with E-state index in [1.54, 1.807) is 5.51 Å². The zero-order chi connectivity index (χ0) is 7.56. The molecule has 0 fully saturated rings. The maximum absolute atomic E-state index is 10.8. The second-order valence-corrected chi connectivity index (χ2v) is 3.64. The van der Waals surface area contributed by atoms with Crippen LogP contribution in [-0.4, -0.2) is 18.1 Å². The fraction of sp³-hybridized carbons (Fsp3) is 0.200. The van der Waals surface area contributed by atoms with Gasteiger partial charge in [-0.1, -0.05) is 0 Å². The Morgan fingerprint density at radius 2 is 2.60 bits per heavy atom. The summed E-state index contributed by atoms with van der Waals surface area (Å²) < 4.78 is 5.16. The number of methoxy groups -OCH3 is 1. The van der Waals surface area contributed by atoms with E-state index in [9.17, 15) is 4.79 Å². The summed E-state index contributed by atoms with van der Waals surface area (Å²) in [5.41, 5.74) is 1.92. The number of nitrogens with zero attached hydrogens (tertiary/aromatic N) is 1. The van der Waals surface area contributed by atoms with Crippen molar-refractivity contribution in [1.82, 2.24) is 4.98 Å². The highest BCUT2D eigenvalue weighted by Gasteiger charge is 2.11. The van der Waals surface area contributed by atoms with E-state index in [1.807, 2.05) is 0 Å². The summed E-state index contributed by atoms with van der Waals surface area (Å²) in [6, 6.07) is 0. The van der Waals surface area contributed by atoms with E-state index in [2.05, 4.69) is 25.7 Å². The van der Waals surface area contributed by atoms with Crippen molar-refractivity contribution in [1.29, 1.82) is 0 Å². The van der Waals surface area contributed by atoms with Crippen LogP contribution in [0, 0.1) is 0 Å². The number of rotatable bonds is 1. The summed E-state index contributed by atoms with van der Waals surface area (Å²) in [5, 5.41) is 0. The Labute approximate surface area is 70.2 Å². The lowest BCUT2D eigenvalue weighted by atomic mass is 10.5. The molecule has 1 heterocycles. The van der Waals surface area contributed by atoms with Gasteiger partial charge in [0.2, 0.25) is 0 Å². The molecule has 0 bridgehead atoms. The van der Waals surface area contributed by atoms with Crippen LogP contribution in [0.1, 0.15) is 10.5 Å². The summed E-state index contributed by atoms with van der Waals surface area (Å²) in [5.74, 6) is -0.409. The van der Waals surface area contributed by atoms with Crippen LogP contribution in [0.25, 0.3) is 0 Å². The SMILES string of the molecule is COC(=O)c1ncsc1Br. The number of thiazole rings is 1. The highest BCUT2D eigenvalue weighted by Crippen LogP contribution is 2.20. The van der Waals surface area contributed by atoms with E-state index in [0.717, 1.165) is 0 Å². The molecule has 0 spiro atoms. The summed E-state index contributed by atoms with van der Waals surface area (Å²) >= 11 is 4.52. The van der Waals surface area contributed by atoms with Gasteiger partial charge in [0.15, 0.2) is 5.69 Å². The Kier molecular flexibility index (Phi) is 2.39. The molecule has 3 nitrogen and oxygen atoms in total. The molecule has 5 heteroatoms. The monoisotopic (exact) mass is 221 g/mol. The van der Waals surface area contributed by atoms with Gasteiger partial charge in [-0.15, -0.1) is 11.3 Å². The molecule has 1 aromatic heterocycles. The predicted molar refractivity (Wildman–Crippen MR) is 41.2 cm³/mol. The summed E-state index contributed by atoms with van der Waals surface area (Å²) in [6.07, 6.45) is 0. The van der Waals surface area contributed by atoms with Gasteiger partial charge in [0.25, 0.3) is 0 Å². The molecule has 54 valence electrons. The van der Waals surface area contributed by atoms with Gasteiger partial charge < -0.3 is 4.74 Å². The average molecular weight is 222 g/mol. The third-order valence-electron chi connectivity index (χ3n) is 0.903. The van der Waals surface area contributed by atoms with Gasteiger partial charge in [-0.3, -0.25) is 0 Å². The lowest BCUT2D eigenvalue weighted by Gasteiger charge is -1.92. The number of hydrogen-bond acceptors (Lipinski definition) is 4. The van der Waals surface area contributed by atoms with Gasteiger partial charge in [-0.05, 0) is 15.9 Å². The minimum Gasteiger partial charge on any atom is -0.464 e. The maximum atomic E-state index is 10.8. The molecule has 0 aliphatic carbocycles. The number of ether oxygens (including phenoxy) is 1. The van der Waals surface area contributed by atoms with Crippen molar-refractivity contribution in [2.45, 2.75) is 0 Å². The highest BCUT2D eigenvalue weighted by atomic mass is 79.9. The molecule has 0 amide bonds. The number of hydrogen-bond donors (Lipinski definition) is 0. The molecular formula is C5H4BrNO2S. The summed E-state index contributed by atoms with van der Waals surface area (Å²) in [6.45, 7) is 0. The van der Waals surface area contributed by atoms with Crippen molar-refractivity contribution >= 4 is 33.2 Å². The number of carbonyl (C=O) groups excluding carboxylic acids is 1. The van der Waals surface area contributed by atoms with Crippen molar-refractivity contribution in [3.63, 3.8) is 0 Å². The second kappa shape index (κ2) is 3.12. The first kappa shape index (κ1) is 7.68. The molecule has 0 saturated carbocycles. The largest absolute Gasteiger partial charge is 0.464 e. The third kappa shape index (κ3) is 1.35. The molecule has 10 heavy (non-hydrogen) atoms. The smallest absolute Gasteiger partial charge is 0.358 e. The molecule has 0 radical (unpaired) electrons. The Balaban J connectivity index is 2.93. The van der Waals surface area contributed by atoms with E-state index < -0.39 is 5.97 Å². The van der Waals surface area contributed by atoms with Crippen LogP contribution in [0.15, 0.2) is 9.30 Å². The van der Waals surface area contributed by atoms with Crippen molar-refractivity contribution < 1.29 is 9.53 Å². The van der Waals surface area contributed by atoms with Crippen LogP contribution in [0.5, 0.6) is 0 Å². The molecule has 0 N–H and O–H groups in total. The van der Waals surface area contributed by atoms with Crippen LogP contribution in [0.2, 0.25) is 0 Å². The van der Waals surface area contributed by atoms with Crippen LogP contribution < -0.4 is 0 Å². The lowest BCUT2D eigenvalue weighted by Crippen LogP contribution is -2.01. The van der Waals surface area contributed by atoms with Crippen molar-refractivity contribution in [2.75, 3.05) is 7.11 Å². The van der Waals surface area contributed by atoms with E-state index in [4.69, 9.17) is 0 Å². The zero-order valence-electron chi connectivity index (χ0n) is 5.13. The number of esters is 1. The van der Waals surface area contributed by atoms with Crippen molar-refractivity contribution in [3.05, 3.63) is 15.0 Å². The molecule has 0 unspecified atom stereocenters. The van der Waals surface area contributed by atoms with Crippen LogP contribution in [-0.2, 0) is 4.74 Å². The molecule has 0 aromatic carbocycles. The van der Waals surface area contributed by atoms with Crippen molar-refractivity contribution in [2.24, 2.45) is 0 Å². The molecule has 0 aliphatic rings. The molecule has 1 aromatic rings. The van der Waals surface area contributed by atoms with Crippen molar-refractivity contribution in [3.8, 4) is 0 Å². The quantitative estimate of drug-likeness (QED) is 0.678. The topological polar surface area (TPSA) is 39.2 Å². The molecule has 0 atom stereocenters. The zero-order valence-corrected chi connectivity index (χ0v) is 7.53. The molecular weight excluding hydrogens is 218 g/mol. The Hall–Kier alpha value is -0.420. The van der Waals surface area contributed by atoms with E-state index >= 15 is 0 Å². The fourth-order valence-corrected chi connectivity index (χ4v) is 1.47. The lowest BCUT2D eigenvalue weighted by molar-refractivity contribution is 0.0594. The minimum atomic E-state index is -0.409. The highest BCUT2D eigenvalue weighted by molar-refractivity contribution is 9.11. The third-order valence-corrected chi connectivity index (χ3v) is 2.45. The van der Waals surface area contributed by atoms with Gasteiger partial charge in [-0.25, -0.2) is 9.78 Å². The summed E-state index contributed by atoms with van der Waals surface area (Å²) in [4.78, 5) is 14.6. The van der Waals surface area contributed by atoms with Gasteiger partial charge in [-0.2, -0.15) is 0 Å². The number of halogens is 1. The Bertz CT molecular complexity index is 248. The average Bonchev–Trinajstić information content (AvgIpc) is 2.34. The first-order valence-electron chi connectivity index (χ1n) is 2.43. The fourth-order valence-electron chi connectivity index (χ4n) is 0.462. The van der Waals surface area contributed by atoms with E-state index in [0.29, 0.717) is 9.48 Å². The second-order valence-electron chi connectivity index (χ2n) is 1.47. The van der Waals surface area contributed by atoms with Crippen LogP contribution >= 0.6 is 27.3 Å². The van der Waals surface area contributed by atoms with Gasteiger partial charge >= 0.3 is 5.97 Å². The normalized spacial score (nSPS) is 9.40.